The molecule has 0 aromatic carbocycles. The van der Waals surface area contributed by atoms with Crippen molar-refractivity contribution in [2.24, 2.45) is 0 Å². The smallest absolute Gasteiger partial charge is 0.252 e. The molecule has 1 atom stereocenters. The molecule has 3 rings (SSSR count). The van der Waals surface area contributed by atoms with Crippen molar-refractivity contribution in [2.75, 3.05) is 39.1 Å². The molecule has 1 amide bonds. The van der Waals surface area contributed by atoms with Crippen LogP contribution in [0.15, 0.2) is 22.5 Å². The van der Waals surface area contributed by atoms with E-state index in [1.165, 1.54) is 18.4 Å². The van der Waals surface area contributed by atoms with Crippen LogP contribution in [0, 0.1) is 0 Å². The zero-order valence-electron chi connectivity index (χ0n) is 16.7. The van der Waals surface area contributed by atoms with E-state index in [0.717, 1.165) is 38.0 Å². The molecule has 148 valence electrons. The van der Waals surface area contributed by atoms with Crippen LogP contribution in [-0.4, -0.2) is 65.9 Å². The molecule has 7 nitrogen and oxygen atoms in total. The van der Waals surface area contributed by atoms with Gasteiger partial charge in [0.05, 0.1) is 5.69 Å². The second-order valence-electron chi connectivity index (χ2n) is 7.94. The Balaban J connectivity index is 1.56. The van der Waals surface area contributed by atoms with Gasteiger partial charge in [0.2, 0.25) is 11.9 Å². The number of likely N-dealkylation sites (tertiary alicyclic amines) is 1. The van der Waals surface area contributed by atoms with E-state index in [1.807, 2.05) is 26.0 Å². The Morgan fingerprint density at radius 2 is 2.15 bits per heavy atom. The highest BCUT2D eigenvalue weighted by Crippen LogP contribution is 2.23. The van der Waals surface area contributed by atoms with E-state index in [9.17, 15) is 9.59 Å². The first-order valence-electron chi connectivity index (χ1n) is 9.86. The lowest BCUT2D eigenvalue weighted by Gasteiger charge is -2.25. The van der Waals surface area contributed by atoms with Crippen molar-refractivity contribution < 1.29 is 4.79 Å². The topological polar surface area (TPSA) is 72.5 Å². The number of allylic oxidation sites excluding steroid dienone is 1. The van der Waals surface area contributed by atoms with Crippen LogP contribution >= 0.6 is 0 Å². The SMILES string of the molecule is CN(C)c1nc(CN(C)[C@H]2CCN(C(=O)CC3=CCCCC3)C2)cc(=O)[nH]1. The minimum absolute atomic E-state index is 0.138. The summed E-state index contributed by atoms with van der Waals surface area (Å²) in [4.78, 5) is 37.7. The monoisotopic (exact) mass is 373 g/mol. The van der Waals surface area contributed by atoms with Crippen molar-refractivity contribution in [1.29, 1.82) is 0 Å². The molecule has 1 aliphatic carbocycles. The normalized spacial score (nSPS) is 20.1. The van der Waals surface area contributed by atoms with E-state index in [1.54, 1.807) is 11.0 Å². The number of rotatable bonds is 6. The van der Waals surface area contributed by atoms with Gasteiger partial charge in [-0.05, 0) is 39.2 Å². The summed E-state index contributed by atoms with van der Waals surface area (Å²) in [5, 5.41) is 0. The molecule has 0 saturated carbocycles. The fourth-order valence-electron chi connectivity index (χ4n) is 3.87. The standard InChI is InChI=1S/C20H31N5O2/c1-23(2)20-21-16(12-18(26)22-20)13-24(3)17-9-10-25(14-17)19(27)11-15-7-5-4-6-8-15/h7,12,17H,4-6,8-11,13-14H2,1-3H3,(H,21,22,26)/t17-/m0/s1. The van der Waals surface area contributed by atoms with Gasteiger partial charge in [0.15, 0.2) is 0 Å². The summed E-state index contributed by atoms with van der Waals surface area (Å²) in [5.74, 6) is 0.818. The van der Waals surface area contributed by atoms with Gasteiger partial charge in [0.1, 0.15) is 0 Å². The van der Waals surface area contributed by atoms with Gasteiger partial charge in [0, 0.05) is 52.3 Å². The van der Waals surface area contributed by atoms with E-state index < -0.39 is 0 Å². The predicted molar refractivity (Wildman–Crippen MR) is 107 cm³/mol. The van der Waals surface area contributed by atoms with Crippen LogP contribution in [0.2, 0.25) is 0 Å². The lowest BCUT2D eigenvalue weighted by Crippen LogP contribution is -2.36. The number of aromatic nitrogens is 2. The van der Waals surface area contributed by atoms with Crippen molar-refractivity contribution in [3.63, 3.8) is 0 Å². The number of nitrogens with one attached hydrogen (secondary N) is 1. The van der Waals surface area contributed by atoms with Gasteiger partial charge < -0.3 is 9.80 Å². The number of hydrogen-bond acceptors (Lipinski definition) is 5. The third-order valence-corrected chi connectivity index (χ3v) is 5.52. The predicted octanol–water partition coefficient (Wildman–Crippen LogP) is 1.76. The number of nitrogens with zero attached hydrogens (tertiary/aromatic N) is 4. The Morgan fingerprint density at radius 3 is 2.85 bits per heavy atom. The highest BCUT2D eigenvalue weighted by Gasteiger charge is 2.29. The molecular formula is C20H31N5O2. The molecule has 0 unspecified atom stereocenters. The number of anilines is 1. The highest BCUT2D eigenvalue weighted by molar-refractivity contribution is 5.79. The molecule has 2 aliphatic rings. The van der Waals surface area contributed by atoms with Crippen LogP contribution in [0.25, 0.3) is 0 Å². The Labute approximate surface area is 161 Å². The number of amides is 1. The number of likely N-dealkylation sites (N-methyl/N-ethyl adjacent to an activating group) is 1. The van der Waals surface area contributed by atoms with Crippen molar-refractivity contribution in [2.45, 2.75) is 51.1 Å². The Morgan fingerprint density at radius 1 is 1.33 bits per heavy atom. The summed E-state index contributed by atoms with van der Waals surface area (Å²) < 4.78 is 0. The van der Waals surface area contributed by atoms with Gasteiger partial charge >= 0.3 is 0 Å². The van der Waals surface area contributed by atoms with Crippen LogP contribution in [-0.2, 0) is 11.3 Å². The maximum absolute atomic E-state index is 12.6. The average Bonchev–Trinajstić information content (AvgIpc) is 3.12. The first-order valence-corrected chi connectivity index (χ1v) is 9.86. The molecule has 1 fully saturated rings. The van der Waals surface area contributed by atoms with Gasteiger partial charge in [0.25, 0.3) is 5.56 Å². The van der Waals surface area contributed by atoms with Crippen LogP contribution in [0.3, 0.4) is 0 Å². The average molecular weight is 374 g/mol. The van der Waals surface area contributed by atoms with Gasteiger partial charge in [-0.15, -0.1) is 0 Å². The van der Waals surface area contributed by atoms with Crippen LogP contribution in [0.5, 0.6) is 0 Å². The number of carbonyl (C=O) groups is 1. The maximum Gasteiger partial charge on any atom is 0.252 e. The molecular weight excluding hydrogens is 342 g/mol. The van der Waals surface area contributed by atoms with E-state index in [0.29, 0.717) is 25.0 Å². The van der Waals surface area contributed by atoms with E-state index >= 15 is 0 Å². The maximum atomic E-state index is 12.6. The second kappa shape index (κ2) is 8.69. The van der Waals surface area contributed by atoms with E-state index in [4.69, 9.17) is 0 Å². The Kier molecular flexibility index (Phi) is 6.31. The fraction of sp³-hybridized carbons (Fsp3) is 0.650. The summed E-state index contributed by atoms with van der Waals surface area (Å²) in [5.41, 5.74) is 1.93. The molecule has 1 aromatic heterocycles. The molecule has 27 heavy (non-hydrogen) atoms. The third-order valence-electron chi connectivity index (χ3n) is 5.52. The van der Waals surface area contributed by atoms with Gasteiger partial charge in [-0.25, -0.2) is 4.98 Å². The minimum Gasteiger partial charge on any atom is -0.348 e. The Bertz CT molecular complexity index is 755. The van der Waals surface area contributed by atoms with E-state index in [2.05, 4.69) is 20.9 Å². The largest absolute Gasteiger partial charge is 0.348 e. The Hall–Kier alpha value is -2.15. The highest BCUT2D eigenvalue weighted by atomic mass is 16.2. The number of H-pyrrole nitrogens is 1. The van der Waals surface area contributed by atoms with Crippen LogP contribution < -0.4 is 10.5 Å². The molecule has 1 N–H and O–H groups in total. The molecule has 1 saturated heterocycles. The first kappa shape index (κ1) is 19.6. The molecule has 1 aromatic rings. The molecule has 0 bridgehead atoms. The zero-order valence-corrected chi connectivity index (χ0v) is 16.7. The molecule has 0 radical (unpaired) electrons. The third kappa shape index (κ3) is 5.19. The number of hydrogen-bond donors (Lipinski definition) is 1. The summed E-state index contributed by atoms with van der Waals surface area (Å²) >= 11 is 0. The van der Waals surface area contributed by atoms with Crippen LogP contribution in [0.4, 0.5) is 5.95 Å². The molecule has 2 heterocycles. The van der Waals surface area contributed by atoms with Crippen molar-refractivity contribution >= 4 is 11.9 Å². The van der Waals surface area contributed by atoms with Crippen molar-refractivity contribution in [1.82, 2.24) is 19.8 Å². The lowest BCUT2D eigenvalue weighted by atomic mass is 9.97. The fourth-order valence-corrected chi connectivity index (χ4v) is 3.87. The van der Waals surface area contributed by atoms with Gasteiger partial charge in [-0.2, -0.15) is 0 Å². The summed E-state index contributed by atoms with van der Waals surface area (Å²) in [6.45, 7) is 2.17. The minimum atomic E-state index is -0.138. The zero-order chi connectivity index (χ0) is 19.4. The van der Waals surface area contributed by atoms with Gasteiger partial charge in [-0.1, -0.05) is 11.6 Å². The summed E-state index contributed by atoms with van der Waals surface area (Å²) in [6.07, 6.45) is 8.45. The number of carbonyl (C=O) groups excluding carboxylic acids is 1. The molecule has 7 heteroatoms. The van der Waals surface area contributed by atoms with Crippen molar-refractivity contribution in [3.8, 4) is 0 Å². The number of aromatic amines is 1. The van der Waals surface area contributed by atoms with E-state index in [-0.39, 0.29) is 11.5 Å². The summed E-state index contributed by atoms with van der Waals surface area (Å²) in [7, 11) is 5.75. The molecule has 0 spiro atoms. The van der Waals surface area contributed by atoms with Crippen LogP contribution in [0.1, 0.15) is 44.2 Å². The first-order chi connectivity index (χ1) is 12.9. The molecule has 1 aliphatic heterocycles. The summed E-state index contributed by atoms with van der Waals surface area (Å²) in [6, 6.07) is 1.86. The second-order valence-corrected chi connectivity index (χ2v) is 7.94. The van der Waals surface area contributed by atoms with Crippen molar-refractivity contribution in [3.05, 3.63) is 33.8 Å². The van der Waals surface area contributed by atoms with Gasteiger partial charge in [-0.3, -0.25) is 19.5 Å². The lowest BCUT2D eigenvalue weighted by molar-refractivity contribution is -0.129. The quantitative estimate of drug-likeness (QED) is 0.770.